The Morgan fingerprint density at radius 2 is 2.12 bits per heavy atom. The van der Waals surface area contributed by atoms with Crippen molar-refractivity contribution in [3.8, 4) is 17.0 Å². The maximum atomic E-state index is 14.8. The molecule has 1 saturated heterocycles. The van der Waals surface area contributed by atoms with Gasteiger partial charge in [0.25, 0.3) is 5.91 Å². The van der Waals surface area contributed by atoms with Crippen molar-refractivity contribution in [1.29, 1.82) is 0 Å². The molecule has 2 atom stereocenters. The number of nitrogens with zero attached hydrogens (tertiary/aromatic N) is 5. The summed E-state index contributed by atoms with van der Waals surface area (Å²) in [6, 6.07) is 7.65. The molecular weight excluding hydrogens is 439 g/mol. The summed E-state index contributed by atoms with van der Waals surface area (Å²) in [5.41, 5.74) is 8.38. The van der Waals surface area contributed by atoms with Crippen LogP contribution in [0.1, 0.15) is 28.0 Å². The molecule has 10 heteroatoms. The summed E-state index contributed by atoms with van der Waals surface area (Å²) in [6.45, 7) is 2.45. The molecule has 0 radical (unpaired) electrons. The molecule has 0 aliphatic carbocycles. The summed E-state index contributed by atoms with van der Waals surface area (Å²) in [6.07, 6.45) is 2.13. The number of amides is 1. The van der Waals surface area contributed by atoms with Crippen molar-refractivity contribution in [1.82, 2.24) is 15.0 Å². The number of pyridine rings is 1. The van der Waals surface area contributed by atoms with Crippen LogP contribution >= 0.6 is 0 Å². The number of methoxy groups -OCH3 is 1. The van der Waals surface area contributed by atoms with Gasteiger partial charge in [0.15, 0.2) is 0 Å². The molecule has 1 fully saturated rings. The summed E-state index contributed by atoms with van der Waals surface area (Å²) in [7, 11) is 1.47. The number of aliphatic hydroxyl groups is 1. The summed E-state index contributed by atoms with van der Waals surface area (Å²) in [5.74, 6) is 0.446. The summed E-state index contributed by atoms with van der Waals surface area (Å²) in [4.78, 5) is 30.4. The van der Waals surface area contributed by atoms with Crippen LogP contribution < -0.4 is 20.3 Å². The minimum atomic E-state index is -0.480. The number of hydrogen-bond acceptors (Lipinski definition) is 8. The number of fused-ring (bicyclic) bond motifs is 1. The van der Waals surface area contributed by atoms with Gasteiger partial charge in [0.05, 0.1) is 37.6 Å². The first-order valence-corrected chi connectivity index (χ1v) is 11.0. The summed E-state index contributed by atoms with van der Waals surface area (Å²) >= 11 is 0. The molecule has 5 rings (SSSR count). The lowest BCUT2D eigenvalue weighted by Crippen LogP contribution is -2.35. The molecule has 2 aliphatic heterocycles. The summed E-state index contributed by atoms with van der Waals surface area (Å²) < 4.78 is 20.2. The van der Waals surface area contributed by atoms with Gasteiger partial charge in [-0.05, 0) is 31.5 Å². The molecule has 3 aromatic rings. The Balaban J connectivity index is 1.55. The van der Waals surface area contributed by atoms with Gasteiger partial charge in [-0.15, -0.1) is 0 Å². The van der Waals surface area contributed by atoms with Crippen LogP contribution in [0.5, 0.6) is 5.75 Å². The van der Waals surface area contributed by atoms with E-state index in [9.17, 15) is 14.3 Å². The lowest BCUT2D eigenvalue weighted by atomic mass is 10.0. The molecule has 176 valence electrons. The maximum absolute atomic E-state index is 14.8. The average molecular weight is 465 g/mol. The predicted molar refractivity (Wildman–Crippen MR) is 124 cm³/mol. The predicted octanol–water partition coefficient (Wildman–Crippen LogP) is 2.05. The van der Waals surface area contributed by atoms with Crippen LogP contribution in [0.25, 0.3) is 11.3 Å². The van der Waals surface area contributed by atoms with Gasteiger partial charge in [0.2, 0.25) is 5.95 Å². The molecule has 0 saturated carbocycles. The van der Waals surface area contributed by atoms with Gasteiger partial charge in [-0.2, -0.15) is 4.98 Å². The van der Waals surface area contributed by atoms with Gasteiger partial charge < -0.3 is 20.5 Å². The molecule has 2 aromatic heterocycles. The van der Waals surface area contributed by atoms with E-state index < -0.39 is 5.82 Å². The van der Waals surface area contributed by atoms with Crippen molar-refractivity contribution in [2.45, 2.75) is 32.0 Å². The zero-order valence-electron chi connectivity index (χ0n) is 18.9. The molecule has 34 heavy (non-hydrogen) atoms. The standard InChI is InChI=1S/C24H25FN6O3/c1-13-8-20(29-24(28-13)30-10-14(26)9-15(30)12-32)31-11-17-16(23(31)33)6-7-27-22(17)21-18(25)4-3-5-19(21)34-2/h3-8,14-15,32H,9-12,26H2,1-2H3/t14-,15-/m0/s1. The van der Waals surface area contributed by atoms with Gasteiger partial charge in [0.1, 0.15) is 17.4 Å². The van der Waals surface area contributed by atoms with Crippen molar-refractivity contribution < 1.29 is 19.0 Å². The van der Waals surface area contributed by atoms with Gasteiger partial charge in [-0.1, -0.05) is 6.07 Å². The Morgan fingerprint density at radius 3 is 2.88 bits per heavy atom. The van der Waals surface area contributed by atoms with Crippen LogP contribution in [0, 0.1) is 12.7 Å². The Bertz CT molecular complexity index is 1270. The first-order chi connectivity index (χ1) is 16.4. The third kappa shape index (κ3) is 3.64. The van der Waals surface area contributed by atoms with E-state index in [-0.39, 0.29) is 36.7 Å². The Morgan fingerprint density at radius 1 is 1.29 bits per heavy atom. The minimum absolute atomic E-state index is 0.0616. The van der Waals surface area contributed by atoms with Crippen LogP contribution in [0.2, 0.25) is 0 Å². The first-order valence-electron chi connectivity index (χ1n) is 11.0. The third-order valence-electron chi connectivity index (χ3n) is 6.30. The quantitative estimate of drug-likeness (QED) is 0.589. The highest BCUT2D eigenvalue weighted by atomic mass is 19.1. The van der Waals surface area contributed by atoms with Gasteiger partial charge in [-0.3, -0.25) is 14.7 Å². The SMILES string of the molecule is COc1cccc(F)c1-c1nccc2c1CN(c1cc(C)nc(N3C[C@@H](N)C[C@H]3CO)n1)C2=O. The fraction of sp³-hybridized carbons (Fsp3) is 0.333. The number of carbonyl (C=O) groups is 1. The van der Waals surface area contributed by atoms with E-state index in [1.165, 1.54) is 24.3 Å². The van der Waals surface area contributed by atoms with Crippen molar-refractivity contribution in [3.05, 3.63) is 59.2 Å². The van der Waals surface area contributed by atoms with Gasteiger partial charge in [-0.25, -0.2) is 9.37 Å². The smallest absolute Gasteiger partial charge is 0.260 e. The number of aromatic nitrogens is 3. The number of hydrogen-bond donors (Lipinski definition) is 2. The highest BCUT2D eigenvalue weighted by molar-refractivity contribution is 6.10. The fourth-order valence-electron chi connectivity index (χ4n) is 4.71. The number of halogens is 1. The highest BCUT2D eigenvalue weighted by Gasteiger charge is 2.35. The van der Waals surface area contributed by atoms with Crippen LogP contribution in [-0.2, 0) is 6.54 Å². The molecule has 3 N–H and O–H groups in total. The third-order valence-corrected chi connectivity index (χ3v) is 6.30. The number of aryl methyl sites for hydroxylation is 1. The highest BCUT2D eigenvalue weighted by Crippen LogP contribution is 2.38. The van der Waals surface area contributed by atoms with Crippen LogP contribution in [0.3, 0.4) is 0 Å². The first kappa shape index (κ1) is 22.2. The van der Waals surface area contributed by atoms with Crippen molar-refractivity contribution in [2.75, 3.05) is 30.1 Å². The molecule has 0 unspecified atom stereocenters. The average Bonchev–Trinajstić information content (AvgIpc) is 3.38. The van der Waals surface area contributed by atoms with Gasteiger partial charge >= 0.3 is 0 Å². The number of rotatable bonds is 5. The molecule has 0 spiro atoms. The topological polar surface area (TPSA) is 118 Å². The van der Waals surface area contributed by atoms with E-state index >= 15 is 0 Å². The van der Waals surface area contributed by atoms with Crippen LogP contribution in [0.4, 0.5) is 16.2 Å². The molecule has 0 bridgehead atoms. The molecule has 2 aliphatic rings. The van der Waals surface area contributed by atoms with E-state index in [4.69, 9.17) is 10.5 Å². The maximum Gasteiger partial charge on any atom is 0.260 e. The van der Waals surface area contributed by atoms with Crippen molar-refractivity contribution in [2.24, 2.45) is 5.73 Å². The second-order valence-electron chi connectivity index (χ2n) is 8.55. The van der Waals surface area contributed by atoms with E-state index in [2.05, 4.69) is 15.0 Å². The van der Waals surface area contributed by atoms with Crippen molar-refractivity contribution in [3.63, 3.8) is 0 Å². The monoisotopic (exact) mass is 464 g/mol. The van der Waals surface area contributed by atoms with E-state index in [0.29, 0.717) is 53.0 Å². The number of nitrogens with two attached hydrogens (primary N) is 1. The number of benzene rings is 1. The van der Waals surface area contributed by atoms with Gasteiger partial charge in [0, 0.05) is 41.7 Å². The molecule has 1 amide bonds. The lowest BCUT2D eigenvalue weighted by Gasteiger charge is -2.25. The molecule has 1 aromatic carbocycles. The van der Waals surface area contributed by atoms with E-state index in [0.717, 1.165) is 0 Å². The van der Waals surface area contributed by atoms with E-state index in [1.54, 1.807) is 24.3 Å². The molecule has 9 nitrogen and oxygen atoms in total. The van der Waals surface area contributed by atoms with Crippen LogP contribution in [0.15, 0.2) is 36.5 Å². The summed E-state index contributed by atoms with van der Waals surface area (Å²) in [5, 5.41) is 9.76. The zero-order chi connectivity index (χ0) is 24.0. The lowest BCUT2D eigenvalue weighted by molar-refractivity contribution is 0.0996. The Kier molecular flexibility index (Phi) is 5.62. The largest absolute Gasteiger partial charge is 0.496 e. The van der Waals surface area contributed by atoms with Crippen molar-refractivity contribution >= 4 is 17.7 Å². The fourth-order valence-corrected chi connectivity index (χ4v) is 4.71. The number of aliphatic hydroxyl groups excluding tert-OH is 1. The zero-order valence-corrected chi connectivity index (χ0v) is 18.9. The molecule has 4 heterocycles. The van der Waals surface area contributed by atoms with E-state index in [1.807, 2.05) is 11.8 Å². The Labute approximate surface area is 196 Å². The molecular formula is C24H25FN6O3. The normalized spacial score (nSPS) is 19.6. The Hall–Kier alpha value is -3.63. The number of carbonyl (C=O) groups excluding carboxylic acids is 1. The second-order valence-corrected chi connectivity index (χ2v) is 8.55. The van der Waals surface area contributed by atoms with Crippen LogP contribution in [-0.4, -0.2) is 58.3 Å². The second kappa shape index (κ2) is 8.62. The number of ether oxygens (including phenoxy) is 1. The minimum Gasteiger partial charge on any atom is -0.496 e. The number of anilines is 2.